The average molecular weight is 442 g/mol. The standard InChI is InChI=1S/C26H27N5O2/c1-15(2)23-28-22(20-9-5-6-10-31(20)23)25(33)27-17-13-26(14-17)11-16(12-26)21-18-7-3-4-8-19(18)24(32)30-29-21/h3-10,15-17H,11-14H2,1-2H3,(H,27,33)(H,30,32). The van der Waals surface area contributed by atoms with Crippen LogP contribution in [0, 0.1) is 5.41 Å². The molecule has 0 unspecified atom stereocenters. The third-order valence-corrected chi connectivity index (χ3v) is 7.47. The lowest BCUT2D eigenvalue weighted by atomic mass is 9.49. The summed E-state index contributed by atoms with van der Waals surface area (Å²) in [6.45, 7) is 4.18. The predicted molar refractivity (Wildman–Crippen MR) is 127 cm³/mol. The molecule has 3 heterocycles. The lowest BCUT2D eigenvalue weighted by molar-refractivity contribution is -0.0196. The molecule has 2 N–H and O–H groups in total. The Labute approximate surface area is 191 Å². The normalized spacial score (nSPS) is 24.2. The largest absolute Gasteiger partial charge is 0.348 e. The maximum Gasteiger partial charge on any atom is 0.272 e. The number of nitrogens with one attached hydrogen (secondary N) is 2. The summed E-state index contributed by atoms with van der Waals surface area (Å²) in [6, 6.07) is 13.7. The lowest BCUT2D eigenvalue weighted by Gasteiger charge is -2.57. The van der Waals surface area contributed by atoms with Crippen LogP contribution in [0.2, 0.25) is 0 Å². The number of carbonyl (C=O) groups excluding carboxylic acids is 1. The summed E-state index contributed by atoms with van der Waals surface area (Å²) in [5.41, 5.74) is 2.50. The Morgan fingerprint density at radius 2 is 1.82 bits per heavy atom. The number of H-pyrrole nitrogens is 1. The number of rotatable bonds is 4. The Morgan fingerprint density at radius 3 is 2.58 bits per heavy atom. The molecule has 2 aliphatic rings. The van der Waals surface area contributed by atoms with Gasteiger partial charge in [0.05, 0.1) is 16.6 Å². The van der Waals surface area contributed by atoms with Gasteiger partial charge in [-0.3, -0.25) is 9.59 Å². The highest BCUT2D eigenvalue weighted by molar-refractivity contribution is 5.99. The number of aromatic nitrogens is 4. The number of aromatic amines is 1. The highest BCUT2D eigenvalue weighted by Gasteiger charge is 2.54. The Bertz CT molecular complexity index is 1440. The third-order valence-electron chi connectivity index (χ3n) is 7.47. The van der Waals surface area contributed by atoms with Gasteiger partial charge in [-0.1, -0.05) is 38.1 Å². The van der Waals surface area contributed by atoms with Gasteiger partial charge in [-0.25, -0.2) is 10.1 Å². The summed E-state index contributed by atoms with van der Waals surface area (Å²) < 4.78 is 2.01. The molecule has 3 aromatic heterocycles. The average Bonchev–Trinajstić information content (AvgIpc) is 3.16. The first-order valence-electron chi connectivity index (χ1n) is 11.7. The Hall–Kier alpha value is -3.48. The molecule has 1 spiro atoms. The maximum atomic E-state index is 13.0. The minimum Gasteiger partial charge on any atom is -0.348 e. The van der Waals surface area contributed by atoms with Crippen LogP contribution in [-0.4, -0.2) is 31.5 Å². The van der Waals surface area contributed by atoms with Crippen LogP contribution in [0.4, 0.5) is 0 Å². The minimum atomic E-state index is -0.137. The number of nitrogens with zero attached hydrogens (tertiary/aromatic N) is 3. The van der Waals surface area contributed by atoms with E-state index in [0.29, 0.717) is 17.0 Å². The van der Waals surface area contributed by atoms with Crippen molar-refractivity contribution in [3.63, 3.8) is 0 Å². The van der Waals surface area contributed by atoms with Gasteiger partial charge in [0.1, 0.15) is 5.82 Å². The molecule has 7 nitrogen and oxygen atoms in total. The molecule has 1 aromatic carbocycles. The topological polar surface area (TPSA) is 92.2 Å². The van der Waals surface area contributed by atoms with Gasteiger partial charge in [-0.15, -0.1) is 0 Å². The van der Waals surface area contributed by atoms with Crippen LogP contribution < -0.4 is 10.9 Å². The van der Waals surface area contributed by atoms with E-state index in [1.165, 1.54) is 0 Å². The van der Waals surface area contributed by atoms with Gasteiger partial charge in [0.25, 0.3) is 11.5 Å². The van der Waals surface area contributed by atoms with E-state index in [2.05, 4.69) is 34.3 Å². The minimum absolute atomic E-state index is 0.0883. The van der Waals surface area contributed by atoms with Crippen molar-refractivity contribution in [3.05, 3.63) is 76.2 Å². The number of hydrogen-bond donors (Lipinski definition) is 2. The Morgan fingerprint density at radius 1 is 1.09 bits per heavy atom. The fourth-order valence-corrected chi connectivity index (χ4v) is 5.94. The van der Waals surface area contributed by atoms with E-state index in [9.17, 15) is 9.59 Å². The highest BCUT2D eigenvalue weighted by atomic mass is 16.2. The first kappa shape index (κ1) is 20.1. The van der Waals surface area contributed by atoms with Crippen LogP contribution in [0.15, 0.2) is 53.5 Å². The van der Waals surface area contributed by atoms with E-state index in [4.69, 9.17) is 0 Å². The van der Waals surface area contributed by atoms with Gasteiger partial charge in [-0.05, 0) is 49.3 Å². The Balaban J connectivity index is 1.13. The molecule has 7 heteroatoms. The monoisotopic (exact) mass is 441 g/mol. The Kier molecular flexibility index (Phi) is 4.44. The summed E-state index contributed by atoms with van der Waals surface area (Å²) in [6.07, 6.45) is 6.04. The number of hydrogen-bond acceptors (Lipinski definition) is 4. The number of fused-ring (bicyclic) bond motifs is 2. The summed E-state index contributed by atoms with van der Waals surface area (Å²) in [7, 11) is 0. The van der Waals surface area contributed by atoms with Crippen molar-refractivity contribution in [1.82, 2.24) is 24.9 Å². The highest BCUT2D eigenvalue weighted by Crippen LogP contribution is 2.62. The van der Waals surface area contributed by atoms with Crippen molar-refractivity contribution in [2.45, 2.75) is 57.4 Å². The van der Waals surface area contributed by atoms with Gasteiger partial charge in [0.2, 0.25) is 0 Å². The smallest absolute Gasteiger partial charge is 0.272 e. The number of carbonyl (C=O) groups is 1. The van der Waals surface area contributed by atoms with Crippen LogP contribution in [0.25, 0.3) is 16.3 Å². The summed E-state index contributed by atoms with van der Waals surface area (Å²) >= 11 is 0. The maximum absolute atomic E-state index is 13.0. The lowest BCUT2D eigenvalue weighted by Crippen LogP contribution is -2.55. The second-order valence-corrected chi connectivity index (χ2v) is 10.1. The predicted octanol–water partition coefficient (Wildman–Crippen LogP) is 4.15. The van der Waals surface area contributed by atoms with E-state index in [-0.39, 0.29) is 28.8 Å². The van der Waals surface area contributed by atoms with Gasteiger partial charge in [0.15, 0.2) is 5.69 Å². The molecule has 0 saturated heterocycles. The van der Waals surface area contributed by atoms with Gasteiger partial charge < -0.3 is 9.72 Å². The molecule has 0 radical (unpaired) electrons. The van der Waals surface area contributed by atoms with Crippen molar-refractivity contribution in [2.75, 3.05) is 0 Å². The molecule has 33 heavy (non-hydrogen) atoms. The molecule has 0 bridgehead atoms. The quantitative estimate of drug-likeness (QED) is 0.498. The van der Waals surface area contributed by atoms with Crippen molar-refractivity contribution < 1.29 is 4.79 Å². The fourth-order valence-electron chi connectivity index (χ4n) is 5.94. The number of benzene rings is 1. The van der Waals surface area contributed by atoms with E-state index in [1.807, 2.05) is 53.1 Å². The SMILES string of the molecule is CC(C)c1nc(C(=O)NC2CC3(C2)CC(c2n[nH]c(=O)c4ccccc24)C3)c2ccccn12. The molecule has 6 rings (SSSR count). The molecule has 2 aliphatic carbocycles. The van der Waals surface area contributed by atoms with Crippen LogP contribution in [0.5, 0.6) is 0 Å². The second kappa shape index (κ2) is 7.27. The summed E-state index contributed by atoms with van der Waals surface area (Å²) in [4.78, 5) is 29.8. The molecule has 0 atom stereocenters. The molecule has 168 valence electrons. The zero-order valence-corrected chi connectivity index (χ0v) is 18.8. The van der Waals surface area contributed by atoms with Gasteiger partial charge in [0, 0.05) is 29.5 Å². The molecular formula is C26H27N5O2. The van der Waals surface area contributed by atoms with Crippen molar-refractivity contribution in [3.8, 4) is 0 Å². The first-order valence-corrected chi connectivity index (χ1v) is 11.7. The zero-order valence-electron chi connectivity index (χ0n) is 18.8. The summed E-state index contributed by atoms with van der Waals surface area (Å²) in [5, 5.41) is 11.9. The van der Waals surface area contributed by atoms with E-state index in [0.717, 1.165) is 48.1 Å². The molecule has 4 aromatic rings. The number of amides is 1. The summed E-state index contributed by atoms with van der Waals surface area (Å²) in [5.74, 6) is 1.41. The molecule has 0 aliphatic heterocycles. The van der Waals surface area contributed by atoms with E-state index >= 15 is 0 Å². The van der Waals surface area contributed by atoms with Crippen LogP contribution in [0.3, 0.4) is 0 Å². The van der Waals surface area contributed by atoms with Crippen LogP contribution in [0.1, 0.15) is 73.4 Å². The van der Waals surface area contributed by atoms with Crippen molar-refractivity contribution >= 4 is 22.2 Å². The first-order chi connectivity index (χ1) is 15.9. The van der Waals surface area contributed by atoms with E-state index < -0.39 is 0 Å². The second-order valence-electron chi connectivity index (χ2n) is 10.1. The van der Waals surface area contributed by atoms with E-state index in [1.54, 1.807) is 0 Å². The number of imidazole rings is 1. The van der Waals surface area contributed by atoms with Crippen molar-refractivity contribution in [1.29, 1.82) is 0 Å². The van der Waals surface area contributed by atoms with Gasteiger partial charge in [-0.2, -0.15) is 5.10 Å². The van der Waals surface area contributed by atoms with Crippen LogP contribution in [-0.2, 0) is 0 Å². The van der Waals surface area contributed by atoms with Crippen molar-refractivity contribution in [2.24, 2.45) is 5.41 Å². The van der Waals surface area contributed by atoms with Gasteiger partial charge >= 0.3 is 0 Å². The molecular weight excluding hydrogens is 414 g/mol. The molecule has 1 amide bonds. The zero-order chi connectivity index (χ0) is 22.7. The fraction of sp³-hybridized carbons (Fsp3) is 0.385. The third kappa shape index (κ3) is 3.17. The van der Waals surface area contributed by atoms with Crippen LogP contribution >= 0.6 is 0 Å². The molecule has 2 fully saturated rings. The molecule has 2 saturated carbocycles. The number of pyridine rings is 1.